The molecular weight excluding hydrogens is 251 g/mol. The van der Waals surface area contributed by atoms with E-state index in [0.29, 0.717) is 5.88 Å². The minimum atomic E-state index is -1.12. The van der Waals surface area contributed by atoms with Crippen LogP contribution in [0, 0.1) is 23.2 Å². The zero-order valence-electron chi connectivity index (χ0n) is 12.6. The molecule has 3 heteroatoms. The van der Waals surface area contributed by atoms with Crippen LogP contribution >= 0.6 is 11.6 Å². The number of carbonyl (C=O) groups excluding carboxylic acids is 1. The van der Waals surface area contributed by atoms with Gasteiger partial charge in [-0.1, -0.05) is 47.5 Å². The van der Waals surface area contributed by atoms with Gasteiger partial charge < -0.3 is 0 Å². The molecule has 0 amide bonds. The van der Waals surface area contributed by atoms with Gasteiger partial charge in [0, 0.05) is 5.88 Å². The fourth-order valence-electron chi connectivity index (χ4n) is 3.16. The molecule has 4 unspecified atom stereocenters. The lowest BCUT2D eigenvalue weighted by Gasteiger charge is -2.45. The number of rotatable bonds is 8. The van der Waals surface area contributed by atoms with Crippen LogP contribution in [0.4, 0.5) is 4.39 Å². The lowest BCUT2D eigenvalue weighted by Crippen LogP contribution is -2.52. The predicted molar refractivity (Wildman–Crippen MR) is 76.8 cm³/mol. The van der Waals surface area contributed by atoms with E-state index in [2.05, 4.69) is 0 Å². The van der Waals surface area contributed by atoms with Crippen molar-refractivity contribution in [3.05, 3.63) is 0 Å². The Hall–Kier alpha value is -0.110. The first-order valence-corrected chi connectivity index (χ1v) is 7.54. The van der Waals surface area contributed by atoms with E-state index in [4.69, 9.17) is 11.6 Å². The van der Waals surface area contributed by atoms with Crippen molar-refractivity contribution in [2.75, 3.05) is 5.88 Å². The van der Waals surface area contributed by atoms with Crippen molar-refractivity contribution in [2.24, 2.45) is 23.2 Å². The van der Waals surface area contributed by atoms with Gasteiger partial charge in [0.2, 0.25) is 0 Å². The summed E-state index contributed by atoms with van der Waals surface area (Å²) < 4.78 is 15.0. The Morgan fingerprint density at radius 3 is 1.94 bits per heavy atom. The molecule has 108 valence electrons. The molecule has 0 N–H and O–H groups in total. The predicted octanol–water partition coefficient (Wildman–Crippen LogP) is 4.87. The first-order chi connectivity index (χ1) is 8.30. The van der Waals surface area contributed by atoms with E-state index in [9.17, 15) is 9.18 Å². The molecule has 0 saturated heterocycles. The summed E-state index contributed by atoms with van der Waals surface area (Å²) in [4.78, 5) is 12.2. The molecule has 0 radical (unpaired) electrons. The molecule has 1 nitrogen and oxygen atoms in total. The van der Waals surface area contributed by atoms with Crippen LogP contribution in [0.1, 0.15) is 54.4 Å². The van der Waals surface area contributed by atoms with Crippen molar-refractivity contribution in [3.63, 3.8) is 0 Å². The van der Waals surface area contributed by atoms with Crippen LogP contribution in [0.3, 0.4) is 0 Å². The van der Waals surface area contributed by atoms with Gasteiger partial charge in [0.25, 0.3) is 0 Å². The summed E-state index contributed by atoms with van der Waals surface area (Å²) in [5.41, 5.74) is -0.939. The number of ketones is 1. The summed E-state index contributed by atoms with van der Waals surface area (Å²) in [6.45, 7) is 11.2. The summed E-state index contributed by atoms with van der Waals surface area (Å²) >= 11 is 6.01. The molecule has 0 heterocycles. The van der Waals surface area contributed by atoms with Crippen molar-refractivity contribution in [1.82, 2.24) is 0 Å². The van der Waals surface area contributed by atoms with Crippen LogP contribution in [0.15, 0.2) is 0 Å². The topological polar surface area (TPSA) is 17.1 Å². The minimum Gasteiger partial charge on any atom is -0.299 e. The van der Waals surface area contributed by atoms with E-state index in [1.807, 2.05) is 34.6 Å². The number of Topliss-reactive ketones (excluding diaryl/α,β-unsaturated/α-hetero) is 1. The third-order valence-corrected chi connectivity index (χ3v) is 4.89. The highest BCUT2D eigenvalue weighted by Crippen LogP contribution is 2.47. The lowest BCUT2D eigenvalue weighted by atomic mass is 9.59. The Morgan fingerprint density at radius 1 is 1.22 bits per heavy atom. The molecule has 4 atom stereocenters. The number of hydrogen-bond acceptors (Lipinski definition) is 1. The Labute approximate surface area is 116 Å². The van der Waals surface area contributed by atoms with Gasteiger partial charge in [-0.05, 0) is 24.7 Å². The van der Waals surface area contributed by atoms with Crippen LogP contribution in [0.25, 0.3) is 0 Å². The average molecular weight is 279 g/mol. The third-order valence-electron chi connectivity index (χ3n) is 4.52. The van der Waals surface area contributed by atoms with Gasteiger partial charge in [-0.2, -0.15) is 0 Å². The number of carbonyl (C=O) groups is 1. The largest absolute Gasteiger partial charge is 0.299 e. The maximum Gasteiger partial charge on any atom is 0.139 e. The first-order valence-electron chi connectivity index (χ1n) is 7.01. The highest BCUT2D eigenvalue weighted by atomic mass is 35.5. The van der Waals surface area contributed by atoms with Crippen LogP contribution < -0.4 is 0 Å². The fourth-order valence-corrected chi connectivity index (χ4v) is 3.63. The van der Waals surface area contributed by atoms with Gasteiger partial charge in [0.05, 0.1) is 5.41 Å². The molecule has 0 saturated carbocycles. The van der Waals surface area contributed by atoms with Gasteiger partial charge in [0.15, 0.2) is 0 Å². The highest BCUT2D eigenvalue weighted by molar-refractivity contribution is 6.18. The van der Waals surface area contributed by atoms with E-state index >= 15 is 0 Å². The molecule has 0 fully saturated rings. The fraction of sp³-hybridized carbons (Fsp3) is 0.933. The van der Waals surface area contributed by atoms with Crippen LogP contribution in [0.2, 0.25) is 0 Å². The van der Waals surface area contributed by atoms with Crippen LogP contribution in [-0.4, -0.2) is 17.8 Å². The van der Waals surface area contributed by atoms with E-state index in [0.717, 1.165) is 12.8 Å². The zero-order chi connectivity index (χ0) is 14.5. The van der Waals surface area contributed by atoms with E-state index in [-0.39, 0.29) is 23.5 Å². The maximum atomic E-state index is 15.0. The van der Waals surface area contributed by atoms with Crippen molar-refractivity contribution < 1.29 is 9.18 Å². The standard InChI is InChI=1S/C15H28ClFO/c1-7-11(5)14(17)15(10(3)4,12(6)18)13(8-2)9-16/h10-11,13-14H,7-9H2,1-6H3. The number of halogens is 2. The molecule has 0 aromatic carbocycles. The van der Waals surface area contributed by atoms with Crippen LogP contribution in [0.5, 0.6) is 0 Å². The average Bonchev–Trinajstić information content (AvgIpc) is 2.32. The highest BCUT2D eigenvalue weighted by Gasteiger charge is 2.52. The van der Waals surface area contributed by atoms with E-state index in [1.54, 1.807) is 0 Å². The molecule has 0 aromatic rings. The maximum absolute atomic E-state index is 15.0. The Kier molecular flexibility index (Phi) is 7.43. The summed E-state index contributed by atoms with van der Waals surface area (Å²) in [5.74, 6) is 0.0280. The van der Waals surface area contributed by atoms with Crippen molar-refractivity contribution >= 4 is 17.4 Å². The van der Waals surface area contributed by atoms with Crippen molar-refractivity contribution in [1.29, 1.82) is 0 Å². The minimum absolute atomic E-state index is 0.0392. The van der Waals surface area contributed by atoms with Gasteiger partial charge >= 0.3 is 0 Å². The summed E-state index contributed by atoms with van der Waals surface area (Å²) in [6.07, 6.45) is 0.350. The number of hydrogen-bond donors (Lipinski definition) is 0. The second kappa shape index (κ2) is 7.47. The zero-order valence-corrected chi connectivity index (χ0v) is 13.4. The van der Waals surface area contributed by atoms with Gasteiger partial charge in [-0.25, -0.2) is 4.39 Å². The second-order valence-electron chi connectivity index (χ2n) is 5.69. The quantitative estimate of drug-likeness (QED) is 0.579. The molecule has 0 aliphatic heterocycles. The monoisotopic (exact) mass is 278 g/mol. The van der Waals surface area contributed by atoms with Crippen LogP contribution in [-0.2, 0) is 4.79 Å². The Bertz CT molecular complexity index is 263. The van der Waals surface area contributed by atoms with Crippen molar-refractivity contribution in [3.8, 4) is 0 Å². The Morgan fingerprint density at radius 2 is 1.72 bits per heavy atom. The second-order valence-corrected chi connectivity index (χ2v) is 6.00. The Balaban J connectivity index is 5.70. The molecule has 18 heavy (non-hydrogen) atoms. The van der Waals surface area contributed by atoms with Crippen molar-refractivity contribution in [2.45, 2.75) is 60.6 Å². The first kappa shape index (κ1) is 17.9. The van der Waals surface area contributed by atoms with Gasteiger partial charge in [-0.3, -0.25) is 4.79 Å². The smallest absolute Gasteiger partial charge is 0.139 e. The van der Waals surface area contributed by atoms with E-state index < -0.39 is 11.6 Å². The SMILES string of the molecule is CCC(C)C(F)C(C(C)=O)(C(C)C)C(CC)CCl. The van der Waals surface area contributed by atoms with Gasteiger partial charge in [0.1, 0.15) is 12.0 Å². The molecule has 0 aliphatic carbocycles. The summed E-state index contributed by atoms with van der Waals surface area (Å²) in [5, 5.41) is 0. The molecule has 0 rings (SSSR count). The summed E-state index contributed by atoms with van der Waals surface area (Å²) in [6, 6.07) is 0. The molecule has 0 aliphatic rings. The lowest BCUT2D eigenvalue weighted by molar-refractivity contribution is -0.142. The molecular formula is C15H28ClFO. The number of alkyl halides is 2. The van der Waals surface area contributed by atoms with E-state index in [1.165, 1.54) is 6.92 Å². The molecule has 0 spiro atoms. The third kappa shape index (κ3) is 3.07. The normalized spacial score (nSPS) is 20.3. The molecule has 0 aromatic heterocycles. The van der Waals surface area contributed by atoms with Gasteiger partial charge in [-0.15, -0.1) is 11.6 Å². The molecule has 0 bridgehead atoms. The summed E-state index contributed by atoms with van der Waals surface area (Å²) in [7, 11) is 0.